The molecule has 0 atom stereocenters. The highest BCUT2D eigenvalue weighted by Gasteiger charge is 2.30. The Morgan fingerprint density at radius 2 is 1.70 bits per heavy atom. The fourth-order valence-corrected chi connectivity index (χ4v) is 3.62. The van der Waals surface area contributed by atoms with Crippen LogP contribution in [0.1, 0.15) is 22.3 Å². The van der Waals surface area contributed by atoms with E-state index in [1.165, 1.54) is 17.8 Å². The van der Waals surface area contributed by atoms with Crippen molar-refractivity contribution in [3.63, 3.8) is 0 Å². The lowest BCUT2D eigenvalue weighted by Gasteiger charge is -2.12. The number of rotatable bonds is 7. The van der Waals surface area contributed by atoms with Crippen LogP contribution in [-0.2, 0) is 17.6 Å². The predicted molar refractivity (Wildman–Crippen MR) is 118 cm³/mol. The summed E-state index contributed by atoms with van der Waals surface area (Å²) in [6, 6.07) is 21.2. The van der Waals surface area contributed by atoms with Crippen LogP contribution in [0.2, 0.25) is 0 Å². The standard InChI is InChI=1S/C24H22F3NOS/c1-17-20(11-7-13-22(17)18-8-4-3-5-9-18)15-29-28-23(16-30-2)19-10-6-12-21(14-19)24(25,26)27/h3-14H,15-16H2,1-2H3/b28-23+. The van der Waals surface area contributed by atoms with Crippen LogP contribution in [0.25, 0.3) is 11.1 Å². The molecular formula is C24H22F3NOS. The number of oxime groups is 1. The molecule has 3 rings (SSSR count). The Morgan fingerprint density at radius 3 is 2.40 bits per heavy atom. The van der Waals surface area contributed by atoms with Crippen molar-refractivity contribution < 1.29 is 18.0 Å². The predicted octanol–water partition coefficient (Wildman–Crippen LogP) is 6.96. The summed E-state index contributed by atoms with van der Waals surface area (Å²) in [6.07, 6.45) is -2.52. The Labute approximate surface area is 178 Å². The van der Waals surface area contributed by atoms with E-state index >= 15 is 0 Å². The van der Waals surface area contributed by atoms with E-state index in [2.05, 4.69) is 23.4 Å². The fraction of sp³-hybridized carbons (Fsp3) is 0.208. The summed E-state index contributed by atoms with van der Waals surface area (Å²) in [6.45, 7) is 2.27. The number of alkyl halides is 3. The first kappa shape index (κ1) is 22.0. The van der Waals surface area contributed by atoms with Gasteiger partial charge in [0.15, 0.2) is 0 Å². The molecule has 0 radical (unpaired) electrons. The average Bonchev–Trinajstić information content (AvgIpc) is 2.74. The number of nitrogens with zero attached hydrogens (tertiary/aromatic N) is 1. The van der Waals surface area contributed by atoms with Crippen molar-refractivity contribution in [1.82, 2.24) is 0 Å². The van der Waals surface area contributed by atoms with Crippen LogP contribution in [0.15, 0.2) is 78.0 Å². The molecule has 3 aromatic carbocycles. The third kappa shape index (κ3) is 5.45. The smallest absolute Gasteiger partial charge is 0.391 e. The second-order valence-corrected chi connectivity index (χ2v) is 7.64. The van der Waals surface area contributed by atoms with Gasteiger partial charge in [-0.05, 0) is 47.6 Å². The van der Waals surface area contributed by atoms with Crippen LogP contribution in [-0.4, -0.2) is 17.7 Å². The summed E-state index contributed by atoms with van der Waals surface area (Å²) in [5.41, 5.74) is 4.49. The van der Waals surface area contributed by atoms with Crippen molar-refractivity contribution in [2.75, 3.05) is 12.0 Å². The van der Waals surface area contributed by atoms with E-state index in [9.17, 15) is 13.2 Å². The summed E-state index contributed by atoms with van der Waals surface area (Å²) in [5.74, 6) is 0.449. The van der Waals surface area contributed by atoms with E-state index in [1.807, 2.05) is 43.5 Å². The molecule has 0 amide bonds. The monoisotopic (exact) mass is 429 g/mol. The van der Waals surface area contributed by atoms with Crippen LogP contribution in [0.4, 0.5) is 13.2 Å². The molecule has 0 saturated carbocycles. The minimum absolute atomic E-state index is 0.239. The topological polar surface area (TPSA) is 21.6 Å². The van der Waals surface area contributed by atoms with E-state index in [1.54, 1.807) is 6.07 Å². The van der Waals surface area contributed by atoms with Crippen LogP contribution in [0, 0.1) is 6.92 Å². The van der Waals surface area contributed by atoms with Crippen LogP contribution < -0.4 is 0 Å². The van der Waals surface area contributed by atoms with Gasteiger partial charge in [0, 0.05) is 11.3 Å². The van der Waals surface area contributed by atoms with Gasteiger partial charge in [-0.2, -0.15) is 24.9 Å². The molecule has 6 heteroatoms. The van der Waals surface area contributed by atoms with Crippen LogP contribution in [0.5, 0.6) is 0 Å². The molecule has 0 saturated heterocycles. The minimum Gasteiger partial charge on any atom is -0.391 e. The number of benzene rings is 3. The first-order chi connectivity index (χ1) is 14.4. The zero-order valence-electron chi connectivity index (χ0n) is 16.7. The van der Waals surface area contributed by atoms with E-state index in [0.717, 1.165) is 34.4 Å². The fourth-order valence-electron chi connectivity index (χ4n) is 3.12. The van der Waals surface area contributed by atoms with Gasteiger partial charge in [-0.25, -0.2) is 0 Å². The Balaban J connectivity index is 1.81. The molecule has 0 N–H and O–H groups in total. The highest BCUT2D eigenvalue weighted by atomic mass is 32.2. The van der Waals surface area contributed by atoms with Gasteiger partial charge >= 0.3 is 6.18 Å². The molecule has 0 spiro atoms. The van der Waals surface area contributed by atoms with Gasteiger partial charge in [0.1, 0.15) is 6.61 Å². The minimum atomic E-state index is -4.39. The molecule has 30 heavy (non-hydrogen) atoms. The molecule has 0 bridgehead atoms. The van der Waals surface area contributed by atoms with E-state index in [4.69, 9.17) is 4.84 Å². The molecular weight excluding hydrogens is 407 g/mol. The number of hydrogen-bond donors (Lipinski definition) is 0. The second-order valence-electron chi connectivity index (χ2n) is 6.78. The van der Waals surface area contributed by atoms with E-state index < -0.39 is 11.7 Å². The van der Waals surface area contributed by atoms with Gasteiger partial charge in [-0.15, -0.1) is 0 Å². The van der Waals surface area contributed by atoms with Gasteiger partial charge in [0.2, 0.25) is 0 Å². The Bertz CT molecular complexity index is 1020. The molecule has 0 aliphatic heterocycles. The summed E-state index contributed by atoms with van der Waals surface area (Å²) >= 11 is 1.48. The van der Waals surface area contributed by atoms with Gasteiger partial charge < -0.3 is 4.84 Å². The number of thioether (sulfide) groups is 1. The second kappa shape index (κ2) is 9.85. The largest absolute Gasteiger partial charge is 0.416 e. The van der Waals surface area contributed by atoms with Crippen LogP contribution >= 0.6 is 11.8 Å². The van der Waals surface area contributed by atoms with Gasteiger partial charge in [-0.1, -0.05) is 65.8 Å². The van der Waals surface area contributed by atoms with Crippen molar-refractivity contribution in [2.45, 2.75) is 19.7 Å². The molecule has 0 aliphatic rings. The molecule has 3 aromatic rings. The van der Waals surface area contributed by atoms with Gasteiger partial charge in [-0.3, -0.25) is 0 Å². The van der Waals surface area contributed by atoms with Crippen LogP contribution in [0.3, 0.4) is 0 Å². The number of hydrogen-bond acceptors (Lipinski definition) is 3. The summed E-state index contributed by atoms with van der Waals surface area (Å²) < 4.78 is 39.1. The van der Waals surface area contributed by atoms with Crippen molar-refractivity contribution in [1.29, 1.82) is 0 Å². The summed E-state index contributed by atoms with van der Waals surface area (Å²) in [4.78, 5) is 5.58. The quantitative estimate of drug-likeness (QED) is 0.299. The molecule has 0 unspecified atom stereocenters. The van der Waals surface area contributed by atoms with Gasteiger partial charge in [0.25, 0.3) is 0 Å². The number of halogens is 3. The lowest BCUT2D eigenvalue weighted by Crippen LogP contribution is -2.10. The highest BCUT2D eigenvalue weighted by molar-refractivity contribution is 7.99. The molecule has 2 nitrogen and oxygen atoms in total. The van der Waals surface area contributed by atoms with Crippen molar-refractivity contribution in [2.24, 2.45) is 5.16 Å². The third-order valence-corrected chi connectivity index (χ3v) is 5.29. The Hall–Kier alpha value is -2.73. The zero-order valence-corrected chi connectivity index (χ0v) is 17.6. The van der Waals surface area contributed by atoms with Crippen molar-refractivity contribution in [3.8, 4) is 11.1 Å². The Kier molecular flexibility index (Phi) is 7.21. The van der Waals surface area contributed by atoms with Crippen molar-refractivity contribution >= 4 is 17.5 Å². The maximum absolute atomic E-state index is 13.0. The highest BCUT2D eigenvalue weighted by Crippen LogP contribution is 2.30. The third-order valence-electron chi connectivity index (χ3n) is 4.73. The SMILES string of the molecule is CSC/C(=N\OCc1cccc(-c2ccccc2)c1C)c1cccc(C(F)(F)F)c1. The van der Waals surface area contributed by atoms with E-state index in [0.29, 0.717) is 17.0 Å². The first-order valence-electron chi connectivity index (χ1n) is 9.39. The normalized spacial score (nSPS) is 12.1. The first-order valence-corrected chi connectivity index (χ1v) is 10.8. The Morgan fingerprint density at radius 1 is 0.967 bits per heavy atom. The molecule has 0 heterocycles. The summed E-state index contributed by atoms with van der Waals surface area (Å²) in [5, 5.41) is 4.17. The maximum atomic E-state index is 13.0. The molecule has 0 aliphatic carbocycles. The van der Waals surface area contributed by atoms with Gasteiger partial charge in [0.05, 0.1) is 11.3 Å². The molecule has 156 valence electrons. The molecule has 0 aromatic heterocycles. The lowest BCUT2D eigenvalue weighted by molar-refractivity contribution is -0.137. The zero-order chi connectivity index (χ0) is 21.6. The average molecular weight is 430 g/mol. The summed E-state index contributed by atoms with van der Waals surface area (Å²) in [7, 11) is 0. The lowest BCUT2D eigenvalue weighted by atomic mass is 9.97. The van der Waals surface area contributed by atoms with E-state index in [-0.39, 0.29) is 6.61 Å². The van der Waals surface area contributed by atoms with Crippen molar-refractivity contribution in [3.05, 3.63) is 95.1 Å². The maximum Gasteiger partial charge on any atom is 0.416 e. The molecule has 0 fully saturated rings.